The molecule has 0 saturated heterocycles. The molecule has 0 aliphatic rings. The molecule has 0 bridgehead atoms. The van der Waals surface area contributed by atoms with Gasteiger partial charge >= 0.3 is 0 Å². The van der Waals surface area contributed by atoms with Crippen molar-refractivity contribution < 1.29 is 19.0 Å². The third-order valence-corrected chi connectivity index (χ3v) is 4.85. The average Bonchev–Trinajstić information content (AvgIpc) is 2.83. The first-order chi connectivity index (χ1) is 15.6. The molecule has 0 spiro atoms. The van der Waals surface area contributed by atoms with Crippen molar-refractivity contribution in [3.63, 3.8) is 0 Å². The van der Waals surface area contributed by atoms with Crippen LogP contribution in [0.1, 0.15) is 11.1 Å². The maximum atomic E-state index is 12.0. The third-order valence-electron chi connectivity index (χ3n) is 4.12. The van der Waals surface area contributed by atoms with Crippen LogP contribution in [-0.2, 0) is 11.4 Å². The molecule has 162 valence electrons. The molecule has 0 fully saturated rings. The molecule has 0 heterocycles. The van der Waals surface area contributed by atoms with E-state index in [0.29, 0.717) is 23.9 Å². The topological polar surface area (TPSA) is 69.2 Å². The first-order valence-electron chi connectivity index (χ1n) is 9.71. The second-order valence-corrected chi connectivity index (χ2v) is 7.36. The summed E-state index contributed by atoms with van der Waals surface area (Å²) < 4.78 is 17.4. The minimum Gasteiger partial charge on any atom is -0.489 e. The largest absolute Gasteiger partial charge is 0.489 e. The Balaban J connectivity index is 1.43. The van der Waals surface area contributed by atoms with Crippen molar-refractivity contribution in [2.75, 3.05) is 13.2 Å². The molecule has 7 heteroatoms. The molecular weight excluding hydrogens is 472 g/mol. The Kier molecular flexibility index (Phi) is 8.72. The van der Waals surface area contributed by atoms with E-state index in [4.69, 9.17) is 20.6 Å². The van der Waals surface area contributed by atoms with Gasteiger partial charge in [-0.05, 0) is 48.0 Å². The molecule has 3 rings (SSSR count). The van der Waals surface area contributed by atoms with Crippen LogP contribution < -0.4 is 19.6 Å². The molecule has 1 amide bonds. The fraction of sp³-hybridized carbons (Fsp3) is 0.120. The van der Waals surface area contributed by atoms with Crippen LogP contribution >= 0.6 is 15.9 Å². The van der Waals surface area contributed by atoms with Crippen LogP contribution in [0.25, 0.3) is 0 Å². The molecule has 0 saturated carbocycles. The molecular formula is C25H21BrN2O4. The highest BCUT2D eigenvalue weighted by Crippen LogP contribution is 2.21. The van der Waals surface area contributed by atoms with E-state index >= 15 is 0 Å². The maximum Gasteiger partial charge on any atom is 0.277 e. The van der Waals surface area contributed by atoms with Crippen LogP contribution in [0.5, 0.6) is 17.2 Å². The Hall–Kier alpha value is -3.76. The number of halogens is 1. The summed E-state index contributed by atoms with van der Waals surface area (Å²) >= 11 is 3.42. The highest BCUT2D eigenvalue weighted by Gasteiger charge is 2.04. The van der Waals surface area contributed by atoms with E-state index in [1.54, 1.807) is 36.4 Å². The van der Waals surface area contributed by atoms with E-state index in [1.165, 1.54) is 6.21 Å². The van der Waals surface area contributed by atoms with Crippen molar-refractivity contribution in [1.82, 2.24) is 5.43 Å². The zero-order valence-corrected chi connectivity index (χ0v) is 18.7. The van der Waals surface area contributed by atoms with Crippen molar-refractivity contribution in [1.29, 1.82) is 0 Å². The predicted octanol–water partition coefficient (Wildman–Crippen LogP) is 4.57. The monoisotopic (exact) mass is 492 g/mol. The van der Waals surface area contributed by atoms with Gasteiger partial charge in [0.25, 0.3) is 5.91 Å². The summed E-state index contributed by atoms with van der Waals surface area (Å²) in [5, 5.41) is 3.95. The minimum absolute atomic E-state index is 0.173. The number of rotatable bonds is 10. The number of carbonyl (C=O) groups excluding carboxylic acids is 1. The lowest BCUT2D eigenvalue weighted by Gasteiger charge is -2.08. The summed E-state index contributed by atoms with van der Waals surface area (Å²) in [5.41, 5.74) is 4.24. The summed E-state index contributed by atoms with van der Waals surface area (Å²) in [6.45, 7) is 0.483. The fourth-order valence-corrected chi connectivity index (χ4v) is 2.91. The van der Waals surface area contributed by atoms with Gasteiger partial charge in [-0.15, -0.1) is 6.42 Å². The molecule has 6 nitrogen and oxygen atoms in total. The first-order valence-corrected chi connectivity index (χ1v) is 10.5. The number of hydrogen-bond acceptors (Lipinski definition) is 5. The number of terminal acetylenes is 1. The standard InChI is InChI=1S/C25H21BrN2O4/c1-2-14-30-23-12-13-24(26)20(15-23)16-27-28-25(29)18-32-22-10-8-21(9-11-22)31-17-19-6-4-3-5-7-19/h1,3-13,15-16H,14,17-18H2,(H,28,29)/b27-16+. The second kappa shape index (κ2) is 12.2. The fourth-order valence-electron chi connectivity index (χ4n) is 2.56. The molecule has 0 radical (unpaired) electrons. The van der Waals surface area contributed by atoms with Crippen LogP contribution in [0, 0.1) is 12.3 Å². The minimum atomic E-state index is -0.387. The lowest BCUT2D eigenvalue weighted by molar-refractivity contribution is -0.123. The lowest BCUT2D eigenvalue weighted by Crippen LogP contribution is -2.24. The quantitative estimate of drug-likeness (QED) is 0.255. The van der Waals surface area contributed by atoms with E-state index in [9.17, 15) is 4.79 Å². The summed E-state index contributed by atoms with van der Waals surface area (Å²) in [6.07, 6.45) is 6.70. The molecule has 0 aromatic heterocycles. The van der Waals surface area contributed by atoms with E-state index < -0.39 is 0 Å². The highest BCUT2D eigenvalue weighted by atomic mass is 79.9. The highest BCUT2D eigenvalue weighted by molar-refractivity contribution is 9.10. The van der Waals surface area contributed by atoms with Crippen LogP contribution in [0.4, 0.5) is 0 Å². The van der Waals surface area contributed by atoms with Crippen LogP contribution in [0.3, 0.4) is 0 Å². The van der Waals surface area contributed by atoms with Gasteiger partial charge in [-0.3, -0.25) is 4.79 Å². The maximum absolute atomic E-state index is 12.0. The Morgan fingerprint density at radius 2 is 1.66 bits per heavy atom. The number of hydrogen-bond donors (Lipinski definition) is 1. The number of nitrogens with zero attached hydrogens (tertiary/aromatic N) is 1. The van der Waals surface area contributed by atoms with Crippen LogP contribution in [-0.4, -0.2) is 25.3 Å². The molecule has 1 N–H and O–H groups in total. The van der Waals surface area contributed by atoms with E-state index in [2.05, 4.69) is 32.4 Å². The molecule has 0 aliphatic carbocycles. The molecule has 0 aliphatic heterocycles. The van der Waals surface area contributed by atoms with Gasteiger partial charge in [-0.1, -0.05) is 52.2 Å². The summed E-state index contributed by atoms with van der Waals surface area (Å²) in [7, 11) is 0. The van der Waals surface area contributed by atoms with Crippen molar-refractivity contribution in [2.45, 2.75) is 6.61 Å². The Morgan fingerprint density at radius 3 is 2.38 bits per heavy atom. The first kappa shape index (κ1) is 22.9. The third kappa shape index (κ3) is 7.49. The van der Waals surface area contributed by atoms with Gasteiger partial charge in [0.15, 0.2) is 6.61 Å². The number of nitrogens with one attached hydrogen (secondary N) is 1. The molecule has 0 unspecified atom stereocenters. The Morgan fingerprint density at radius 1 is 0.969 bits per heavy atom. The number of hydrazone groups is 1. The Bertz CT molecular complexity index is 1090. The number of ether oxygens (including phenoxy) is 3. The molecule has 0 atom stereocenters. The van der Waals surface area contributed by atoms with Crippen molar-refractivity contribution >= 4 is 28.1 Å². The van der Waals surface area contributed by atoms with Crippen LogP contribution in [0.2, 0.25) is 0 Å². The summed E-state index contributed by atoms with van der Waals surface area (Å²) in [5.74, 6) is 3.90. The van der Waals surface area contributed by atoms with Gasteiger partial charge in [0.1, 0.15) is 30.5 Å². The Labute approximate surface area is 195 Å². The van der Waals surface area contributed by atoms with Gasteiger partial charge < -0.3 is 14.2 Å². The van der Waals surface area contributed by atoms with Gasteiger partial charge in [-0.2, -0.15) is 5.10 Å². The van der Waals surface area contributed by atoms with Gasteiger partial charge in [0.2, 0.25) is 0 Å². The zero-order valence-electron chi connectivity index (χ0n) is 17.2. The second-order valence-electron chi connectivity index (χ2n) is 6.50. The van der Waals surface area contributed by atoms with Crippen molar-refractivity contribution in [2.24, 2.45) is 5.10 Å². The molecule has 3 aromatic carbocycles. The number of carbonyl (C=O) groups is 1. The molecule has 32 heavy (non-hydrogen) atoms. The smallest absolute Gasteiger partial charge is 0.277 e. The van der Waals surface area contributed by atoms with Crippen LogP contribution in [0.15, 0.2) is 82.4 Å². The number of benzene rings is 3. The lowest BCUT2D eigenvalue weighted by atomic mass is 10.2. The van der Waals surface area contributed by atoms with Crippen molar-refractivity contribution in [3.8, 4) is 29.6 Å². The predicted molar refractivity (Wildman–Crippen MR) is 127 cm³/mol. The van der Waals surface area contributed by atoms with E-state index in [-0.39, 0.29) is 19.1 Å². The average molecular weight is 493 g/mol. The summed E-state index contributed by atoms with van der Waals surface area (Å²) in [6, 6.07) is 22.3. The SMILES string of the molecule is C#CCOc1ccc(Br)c(/C=N/NC(=O)COc2ccc(OCc3ccccc3)cc2)c1. The van der Waals surface area contributed by atoms with Crippen molar-refractivity contribution in [3.05, 3.63) is 88.4 Å². The van der Waals surface area contributed by atoms with Gasteiger partial charge in [0.05, 0.1) is 6.21 Å². The van der Waals surface area contributed by atoms with E-state index in [0.717, 1.165) is 15.6 Å². The number of amides is 1. The summed E-state index contributed by atoms with van der Waals surface area (Å²) in [4.78, 5) is 12.0. The van der Waals surface area contributed by atoms with Gasteiger partial charge in [0, 0.05) is 10.0 Å². The zero-order chi connectivity index (χ0) is 22.6. The molecule has 3 aromatic rings. The van der Waals surface area contributed by atoms with E-state index in [1.807, 2.05) is 36.4 Å². The normalized spacial score (nSPS) is 10.4. The van der Waals surface area contributed by atoms with Gasteiger partial charge in [-0.25, -0.2) is 5.43 Å².